The van der Waals surface area contributed by atoms with Gasteiger partial charge in [-0.2, -0.15) is 0 Å². The van der Waals surface area contributed by atoms with Crippen LogP contribution in [-0.2, 0) is 13.0 Å². The van der Waals surface area contributed by atoms with Crippen molar-refractivity contribution in [1.29, 1.82) is 0 Å². The van der Waals surface area contributed by atoms with Gasteiger partial charge in [0.15, 0.2) is 0 Å². The van der Waals surface area contributed by atoms with Gasteiger partial charge in [-0.3, -0.25) is 4.98 Å². The van der Waals surface area contributed by atoms with E-state index in [0.717, 1.165) is 24.4 Å². The van der Waals surface area contributed by atoms with Crippen LogP contribution >= 0.6 is 0 Å². The van der Waals surface area contributed by atoms with E-state index in [9.17, 15) is 0 Å². The Bertz CT molecular complexity index is 538. The van der Waals surface area contributed by atoms with Crippen LogP contribution in [0.2, 0.25) is 0 Å². The van der Waals surface area contributed by atoms with E-state index in [-0.39, 0.29) is 0 Å². The van der Waals surface area contributed by atoms with Gasteiger partial charge in [0.05, 0.1) is 6.20 Å². The lowest BCUT2D eigenvalue weighted by Crippen LogP contribution is -2.06. The van der Waals surface area contributed by atoms with Crippen LogP contribution in [0.15, 0.2) is 30.5 Å². The SMILES string of the molecule is CCc1cc(CNC)cc(Oc2ccc(C)nc2)n1. The molecule has 4 heteroatoms. The monoisotopic (exact) mass is 257 g/mol. The molecule has 0 radical (unpaired) electrons. The van der Waals surface area contributed by atoms with Gasteiger partial charge in [-0.05, 0) is 44.2 Å². The molecule has 2 heterocycles. The average molecular weight is 257 g/mol. The van der Waals surface area contributed by atoms with E-state index in [4.69, 9.17) is 4.74 Å². The maximum absolute atomic E-state index is 5.76. The second kappa shape index (κ2) is 6.29. The predicted octanol–water partition coefficient (Wildman–Crippen LogP) is 2.86. The van der Waals surface area contributed by atoms with Gasteiger partial charge >= 0.3 is 0 Å². The van der Waals surface area contributed by atoms with E-state index in [0.29, 0.717) is 11.6 Å². The zero-order valence-electron chi connectivity index (χ0n) is 11.6. The van der Waals surface area contributed by atoms with E-state index in [1.807, 2.05) is 32.2 Å². The topological polar surface area (TPSA) is 47.0 Å². The third kappa shape index (κ3) is 3.76. The molecule has 0 unspecified atom stereocenters. The number of aromatic nitrogens is 2. The van der Waals surface area contributed by atoms with Crippen molar-refractivity contribution < 1.29 is 4.74 Å². The molecule has 0 amide bonds. The first-order chi connectivity index (χ1) is 9.21. The van der Waals surface area contributed by atoms with Crippen LogP contribution in [0.3, 0.4) is 0 Å². The van der Waals surface area contributed by atoms with Crippen LogP contribution in [0.1, 0.15) is 23.9 Å². The maximum atomic E-state index is 5.76. The standard InChI is InChI=1S/C15H19N3O/c1-4-13-7-12(9-16-3)8-15(18-13)19-14-6-5-11(2)17-10-14/h5-8,10,16H,4,9H2,1-3H3. The van der Waals surface area contributed by atoms with Crippen molar-refractivity contribution in [2.24, 2.45) is 0 Å². The highest BCUT2D eigenvalue weighted by molar-refractivity contribution is 5.30. The van der Waals surface area contributed by atoms with E-state index < -0.39 is 0 Å². The highest BCUT2D eigenvalue weighted by Gasteiger charge is 2.04. The zero-order valence-corrected chi connectivity index (χ0v) is 11.6. The number of aryl methyl sites for hydroxylation is 2. The number of rotatable bonds is 5. The molecule has 2 aromatic rings. The molecule has 0 aliphatic rings. The van der Waals surface area contributed by atoms with Crippen LogP contribution in [0.4, 0.5) is 0 Å². The second-order valence-corrected chi connectivity index (χ2v) is 4.43. The molecule has 0 saturated heterocycles. The summed E-state index contributed by atoms with van der Waals surface area (Å²) in [6, 6.07) is 7.88. The third-order valence-corrected chi connectivity index (χ3v) is 2.76. The van der Waals surface area contributed by atoms with E-state index in [1.165, 1.54) is 5.56 Å². The molecule has 0 aromatic carbocycles. The van der Waals surface area contributed by atoms with Crippen molar-refractivity contribution >= 4 is 0 Å². The summed E-state index contributed by atoms with van der Waals surface area (Å²) in [5.41, 5.74) is 3.17. The molecule has 0 aliphatic heterocycles. The minimum absolute atomic E-state index is 0.621. The van der Waals surface area contributed by atoms with Crippen molar-refractivity contribution in [2.75, 3.05) is 7.05 Å². The van der Waals surface area contributed by atoms with E-state index in [1.54, 1.807) is 6.20 Å². The third-order valence-electron chi connectivity index (χ3n) is 2.76. The Labute approximate surface area is 113 Å². The Hall–Kier alpha value is -1.94. The number of nitrogens with zero attached hydrogens (tertiary/aromatic N) is 2. The van der Waals surface area contributed by atoms with Crippen LogP contribution in [-0.4, -0.2) is 17.0 Å². The normalized spacial score (nSPS) is 10.5. The van der Waals surface area contributed by atoms with Gasteiger partial charge in [-0.25, -0.2) is 4.98 Å². The number of hydrogen-bond acceptors (Lipinski definition) is 4. The summed E-state index contributed by atoms with van der Waals surface area (Å²) in [5, 5.41) is 3.14. The smallest absolute Gasteiger partial charge is 0.219 e. The van der Waals surface area contributed by atoms with E-state index >= 15 is 0 Å². The molecule has 19 heavy (non-hydrogen) atoms. The molecule has 0 aliphatic carbocycles. The van der Waals surface area contributed by atoms with Crippen LogP contribution in [0.25, 0.3) is 0 Å². The van der Waals surface area contributed by atoms with Gasteiger partial charge in [0.2, 0.25) is 5.88 Å². The van der Waals surface area contributed by atoms with Crippen LogP contribution < -0.4 is 10.1 Å². The summed E-state index contributed by atoms with van der Waals surface area (Å²) in [6.45, 7) is 4.84. The summed E-state index contributed by atoms with van der Waals surface area (Å²) >= 11 is 0. The molecule has 1 N–H and O–H groups in total. The minimum Gasteiger partial charge on any atom is -0.437 e. The zero-order chi connectivity index (χ0) is 13.7. The van der Waals surface area contributed by atoms with Crippen LogP contribution in [0, 0.1) is 6.92 Å². The number of ether oxygens (including phenoxy) is 1. The largest absolute Gasteiger partial charge is 0.437 e. The van der Waals surface area contributed by atoms with Gasteiger partial charge in [0, 0.05) is 24.0 Å². The average Bonchev–Trinajstić information content (AvgIpc) is 2.41. The lowest BCUT2D eigenvalue weighted by atomic mass is 10.2. The Balaban J connectivity index is 2.23. The van der Waals surface area contributed by atoms with Crippen LogP contribution in [0.5, 0.6) is 11.6 Å². The molecule has 0 spiro atoms. The summed E-state index contributed by atoms with van der Waals surface area (Å²) in [5.74, 6) is 1.33. The molecule has 2 rings (SSSR count). The number of hydrogen-bond donors (Lipinski definition) is 1. The highest BCUT2D eigenvalue weighted by atomic mass is 16.5. The molecular weight excluding hydrogens is 238 g/mol. The van der Waals surface area contributed by atoms with E-state index in [2.05, 4.69) is 28.3 Å². The molecule has 0 saturated carbocycles. The molecule has 4 nitrogen and oxygen atoms in total. The Morgan fingerprint density at radius 2 is 2.11 bits per heavy atom. The van der Waals surface area contributed by atoms with Gasteiger partial charge in [-0.1, -0.05) is 6.92 Å². The fraction of sp³-hybridized carbons (Fsp3) is 0.333. The quantitative estimate of drug-likeness (QED) is 0.894. The predicted molar refractivity (Wildman–Crippen MR) is 75.4 cm³/mol. The molecule has 0 atom stereocenters. The van der Waals surface area contributed by atoms with Crippen molar-refractivity contribution in [3.05, 3.63) is 47.4 Å². The highest BCUT2D eigenvalue weighted by Crippen LogP contribution is 2.20. The summed E-state index contributed by atoms with van der Waals surface area (Å²) < 4.78 is 5.76. The molecule has 0 bridgehead atoms. The fourth-order valence-corrected chi connectivity index (χ4v) is 1.80. The van der Waals surface area contributed by atoms with Crippen molar-refractivity contribution in [3.8, 4) is 11.6 Å². The summed E-state index contributed by atoms with van der Waals surface area (Å²) in [7, 11) is 1.93. The molecular formula is C15H19N3O. The summed E-state index contributed by atoms with van der Waals surface area (Å²) in [4.78, 5) is 8.69. The Morgan fingerprint density at radius 1 is 1.26 bits per heavy atom. The van der Waals surface area contributed by atoms with Gasteiger partial charge < -0.3 is 10.1 Å². The molecule has 100 valence electrons. The number of nitrogens with one attached hydrogen (secondary N) is 1. The first-order valence-corrected chi connectivity index (χ1v) is 6.46. The van der Waals surface area contributed by atoms with Crippen molar-refractivity contribution in [1.82, 2.24) is 15.3 Å². The number of pyridine rings is 2. The van der Waals surface area contributed by atoms with Gasteiger partial charge in [0.1, 0.15) is 5.75 Å². The maximum Gasteiger partial charge on any atom is 0.219 e. The Kier molecular flexibility index (Phi) is 4.47. The van der Waals surface area contributed by atoms with Crippen molar-refractivity contribution in [2.45, 2.75) is 26.8 Å². The van der Waals surface area contributed by atoms with Gasteiger partial charge in [-0.15, -0.1) is 0 Å². The van der Waals surface area contributed by atoms with Crippen molar-refractivity contribution in [3.63, 3.8) is 0 Å². The lowest BCUT2D eigenvalue weighted by molar-refractivity contribution is 0.457. The summed E-state index contributed by atoms with van der Waals surface area (Å²) in [6.07, 6.45) is 2.60. The minimum atomic E-state index is 0.621. The Morgan fingerprint density at radius 3 is 2.74 bits per heavy atom. The molecule has 0 fully saturated rings. The fourth-order valence-electron chi connectivity index (χ4n) is 1.80. The first kappa shape index (κ1) is 13.5. The first-order valence-electron chi connectivity index (χ1n) is 6.46. The van der Waals surface area contributed by atoms with Gasteiger partial charge in [0.25, 0.3) is 0 Å². The molecule has 2 aromatic heterocycles. The second-order valence-electron chi connectivity index (χ2n) is 4.43. The lowest BCUT2D eigenvalue weighted by Gasteiger charge is -2.09.